The molecule has 0 aromatic heterocycles. The van der Waals surface area contributed by atoms with E-state index >= 15 is 0 Å². The minimum atomic E-state index is -1.17. The number of nitrogens with two attached hydrogens (primary N) is 1. The van der Waals surface area contributed by atoms with Crippen molar-refractivity contribution in [2.24, 2.45) is 11.7 Å². The van der Waals surface area contributed by atoms with E-state index in [1.165, 1.54) is 12.8 Å². The van der Waals surface area contributed by atoms with E-state index in [1.54, 1.807) is 0 Å². The molecule has 1 aliphatic carbocycles. The molecule has 2 nitrogen and oxygen atoms in total. The van der Waals surface area contributed by atoms with Gasteiger partial charge in [-0.05, 0) is 38.7 Å². The lowest BCUT2D eigenvalue weighted by Gasteiger charge is -2.35. The van der Waals surface area contributed by atoms with Crippen molar-refractivity contribution < 1.29 is 13.2 Å². The van der Waals surface area contributed by atoms with Crippen LogP contribution in [0.15, 0.2) is 12.1 Å². The lowest BCUT2D eigenvalue weighted by molar-refractivity contribution is 0.146. The Morgan fingerprint density at radius 2 is 1.75 bits per heavy atom. The molecule has 0 bridgehead atoms. The molecular weight excluding hydrogens is 265 g/mol. The highest BCUT2D eigenvalue weighted by Gasteiger charge is 2.31. The summed E-state index contributed by atoms with van der Waals surface area (Å²) in [4.78, 5) is 2.08. The van der Waals surface area contributed by atoms with E-state index < -0.39 is 23.5 Å². The fourth-order valence-electron chi connectivity index (χ4n) is 2.53. The normalized spacial score (nSPS) is 17.0. The average molecular weight is 286 g/mol. The van der Waals surface area contributed by atoms with Crippen LogP contribution in [0.3, 0.4) is 0 Å². The van der Waals surface area contributed by atoms with Crippen LogP contribution in [-0.2, 0) is 0 Å². The molecule has 20 heavy (non-hydrogen) atoms. The number of halogens is 3. The van der Waals surface area contributed by atoms with Crippen molar-refractivity contribution in [3.8, 4) is 0 Å². The SMILES string of the molecule is CC(C)N(CC1CC1)C(CN)c1cc(F)c(F)cc1F. The molecule has 2 N–H and O–H groups in total. The molecule has 0 radical (unpaired) electrons. The lowest BCUT2D eigenvalue weighted by Crippen LogP contribution is -2.40. The first-order chi connectivity index (χ1) is 9.43. The van der Waals surface area contributed by atoms with Crippen LogP contribution in [-0.4, -0.2) is 24.0 Å². The number of hydrogen-bond acceptors (Lipinski definition) is 2. The van der Waals surface area contributed by atoms with Gasteiger partial charge >= 0.3 is 0 Å². The molecule has 5 heteroatoms. The Morgan fingerprint density at radius 1 is 1.15 bits per heavy atom. The van der Waals surface area contributed by atoms with Gasteiger partial charge in [0.1, 0.15) is 5.82 Å². The monoisotopic (exact) mass is 286 g/mol. The summed E-state index contributed by atoms with van der Waals surface area (Å²) in [5.74, 6) is -2.32. The minimum absolute atomic E-state index is 0.140. The van der Waals surface area contributed by atoms with Gasteiger partial charge in [-0.1, -0.05) is 0 Å². The van der Waals surface area contributed by atoms with Gasteiger partial charge < -0.3 is 5.73 Å². The second-order valence-corrected chi connectivity index (χ2v) is 5.77. The van der Waals surface area contributed by atoms with Crippen molar-refractivity contribution in [1.29, 1.82) is 0 Å². The second kappa shape index (κ2) is 6.14. The molecule has 1 aromatic carbocycles. The summed E-state index contributed by atoms with van der Waals surface area (Å²) < 4.78 is 40.4. The van der Waals surface area contributed by atoms with Crippen LogP contribution < -0.4 is 5.73 Å². The van der Waals surface area contributed by atoms with Gasteiger partial charge in [0.05, 0.1) is 6.04 Å². The fourth-order valence-corrected chi connectivity index (χ4v) is 2.53. The molecule has 1 unspecified atom stereocenters. The third kappa shape index (κ3) is 3.33. The summed E-state index contributed by atoms with van der Waals surface area (Å²) in [5.41, 5.74) is 5.91. The highest BCUT2D eigenvalue weighted by atomic mass is 19.2. The summed E-state index contributed by atoms with van der Waals surface area (Å²) in [6.45, 7) is 5.00. The van der Waals surface area contributed by atoms with Crippen LogP contribution >= 0.6 is 0 Å². The van der Waals surface area contributed by atoms with Crippen molar-refractivity contribution in [3.63, 3.8) is 0 Å². The highest BCUT2D eigenvalue weighted by Crippen LogP contribution is 2.34. The first-order valence-electron chi connectivity index (χ1n) is 7.04. The number of hydrogen-bond donors (Lipinski definition) is 1. The van der Waals surface area contributed by atoms with Gasteiger partial charge in [0.25, 0.3) is 0 Å². The average Bonchev–Trinajstić information content (AvgIpc) is 3.18. The molecular formula is C15H21F3N2. The Bertz CT molecular complexity index is 472. The minimum Gasteiger partial charge on any atom is -0.329 e. The summed E-state index contributed by atoms with van der Waals surface area (Å²) in [7, 11) is 0. The summed E-state index contributed by atoms with van der Waals surface area (Å²) in [6, 6.07) is 1.27. The second-order valence-electron chi connectivity index (χ2n) is 5.77. The molecule has 1 fully saturated rings. The zero-order valence-corrected chi connectivity index (χ0v) is 11.9. The van der Waals surface area contributed by atoms with Gasteiger partial charge in [-0.25, -0.2) is 13.2 Å². The van der Waals surface area contributed by atoms with Gasteiger partial charge in [-0.2, -0.15) is 0 Å². The summed E-state index contributed by atoms with van der Waals surface area (Å²) >= 11 is 0. The third-order valence-electron chi connectivity index (χ3n) is 3.85. The van der Waals surface area contributed by atoms with Crippen LogP contribution in [0.4, 0.5) is 13.2 Å². The van der Waals surface area contributed by atoms with Crippen LogP contribution in [0, 0.1) is 23.4 Å². The Morgan fingerprint density at radius 3 is 2.25 bits per heavy atom. The van der Waals surface area contributed by atoms with E-state index in [1.807, 2.05) is 13.8 Å². The van der Waals surface area contributed by atoms with Crippen molar-refractivity contribution in [1.82, 2.24) is 4.90 Å². The smallest absolute Gasteiger partial charge is 0.161 e. The maximum absolute atomic E-state index is 14.0. The van der Waals surface area contributed by atoms with Crippen LogP contribution in [0.5, 0.6) is 0 Å². The molecule has 0 heterocycles. The molecule has 1 aliphatic rings. The van der Waals surface area contributed by atoms with E-state index in [9.17, 15) is 13.2 Å². The molecule has 1 saturated carbocycles. The highest BCUT2D eigenvalue weighted by molar-refractivity contribution is 5.24. The number of rotatable bonds is 6. The molecule has 0 aliphatic heterocycles. The zero-order chi connectivity index (χ0) is 14.9. The summed E-state index contributed by atoms with van der Waals surface area (Å²) in [5, 5.41) is 0. The van der Waals surface area contributed by atoms with E-state index in [2.05, 4.69) is 4.90 Å². The lowest BCUT2D eigenvalue weighted by atomic mass is 10.0. The van der Waals surface area contributed by atoms with E-state index in [-0.39, 0.29) is 18.2 Å². The first kappa shape index (κ1) is 15.3. The zero-order valence-electron chi connectivity index (χ0n) is 11.9. The van der Waals surface area contributed by atoms with Gasteiger partial charge in [0.15, 0.2) is 11.6 Å². The Hall–Kier alpha value is -1.07. The fraction of sp³-hybridized carbons (Fsp3) is 0.600. The van der Waals surface area contributed by atoms with Gasteiger partial charge in [-0.3, -0.25) is 4.90 Å². The van der Waals surface area contributed by atoms with Crippen molar-refractivity contribution in [3.05, 3.63) is 35.1 Å². The Balaban J connectivity index is 2.31. The van der Waals surface area contributed by atoms with Crippen LogP contribution in [0.1, 0.15) is 38.3 Å². The molecule has 0 saturated heterocycles. The van der Waals surface area contributed by atoms with Crippen molar-refractivity contribution >= 4 is 0 Å². The Kier molecular flexibility index (Phi) is 4.70. The topological polar surface area (TPSA) is 29.3 Å². The number of nitrogens with zero attached hydrogens (tertiary/aromatic N) is 1. The largest absolute Gasteiger partial charge is 0.329 e. The Labute approximate surface area is 117 Å². The van der Waals surface area contributed by atoms with Crippen molar-refractivity contribution in [2.75, 3.05) is 13.1 Å². The van der Waals surface area contributed by atoms with Gasteiger partial charge in [0.2, 0.25) is 0 Å². The predicted molar refractivity (Wildman–Crippen MR) is 72.7 cm³/mol. The quantitative estimate of drug-likeness (QED) is 0.814. The molecule has 1 atom stereocenters. The van der Waals surface area contributed by atoms with Gasteiger partial charge in [0, 0.05) is 30.8 Å². The maximum Gasteiger partial charge on any atom is 0.161 e. The van der Waals surface area contributed by atoms with Gasteiger partial charge in [-0.15, -0.1) is 0 Å². The third-order valence-corrected chi connectivity index (χ3v) is 3.85. The van der Waals surface area contributed by atoms with Crippen LogP contribution in [0.2, 0.25) is 0 Å². The maximum atomic E-state index is 14.0. The standard InChI is InChI=1S/C15H21F3N2/c1-9(2)20(8-10-3-4-10)15(7-19)11-5-13(17)14(18)6-12(11)16/h5-6,9-10,15H,3-4,7-8,19H2,1-2H3. The molecule has 0 amide bonds. The van der Waals surface area contributed by atoms with E-state index in [4.69, 9.17) is 5.73 Å². The molecule has 2 rings (SSSR count). The van der Waals surface area contributed by atoms with E-state index in [0.717, 1.165) is 12.6 Å². The van der Waals surface area contributed by atoms with E-state index in [0.29, 0.717) is 12.0 Å². The number of benzene rings is 1. The van der Waals surface area contributed by atoms with Crippen molar-refractivity contribution in [2.45, 2.75) is 38.8 Å². The molecule has 1 aromatic rings. The first-order valence-corrected chi connectivity index (χ1v) is 7.04. The molecule has 112 valence electrons. The summed E-state index contributed by atoms with van der Waals surface area (Å²) in [6.07, 6.45) is 2.33. The predicted octanol–water partition coefficient (Wildman–Crippen LogP) is 3.22. The molecule has 0 spiro atoms. The van der Waals surface area contributed by atoms with Crippen LogP contribution in [0.25, 0.3) is 0 Å².